The van der Waals surface area contributed by atoms with Gasteiger partial charge in [-0.05, 0) is 30.4 Å². The van der Waals surface area contributed by atoms with Gasteiger partial charge in [0.2, 0.25) is 5.91 Å². The van der Waals surface area contributed by atoms with Crippen LogP contribution in [0.15, 0.2) is 46.9 Å². The van der Waals surface area contributed by atoms with E-state index >= 15 is 0 Å². The first-order chi connectivity index (χ1) is 16.6. The second-order valence-electron chi connectivity index (χ2n) is 8.99. The Morgan fingerprint density at radius 2 is 1.94 bits per heavy atom. The minimum Gasteiger partial charge on any atom is -0.379 e. The Morgan fingerprint density at radius 1 is 1.15 bits per heavy atom. The number of nitrogens with zero attached hydrogens (tertiary/aromatic N) is 4. The molecule has 1 atom stereocenters. The van der Waals surface area contributed by atoms with E-state index in [-0.39, 0.29) is 30.1 Å². The Kier molecular flexibility index (Phi) is 7.03. The first-order valence-corrected chi connectivity index (χ1v) is 12.7. The molecule has 1 aromatic carbocycles. The summed E-state index contributed by atoms with van der Waals surface area (Å²) in [7, 11) is 0. The first kappa shape index (κ1) is 23.1. The van der Waals surface area contributed by atoms with Crippen LogP contribution in [-0.2, 0) is 14.3 Å². The molecule has 2 fully saturated rings. The fourth-order valence-electron chi connectivity index (χ4n) is 4.50. The molecule has 2 amide bonds. The molecule has 180 valence electrons. The van der Waals surface area contributed by atoms with Gasteiger partial charge in [-0.15, -0.1) is 11.3 Å². The lowest BCUT2D eigenvalue weighted by Crippen LogP contribution is -2.47. The lowest BCUT2D eigenvalue weighted by atomic mass is 10.0. The maximum absolute atomic E-state index is 14.7. The molecule has 34 heavy (non-hydrogen) atoms. The molecule has 1 saturated heterocycles. The van der Waals surface area contributed by atoms with Crippen LogP contribution < -0.4 is 0 Å². The molecule has 3 heterocycles. The van der Waals surface area contributed by atoms with Gasteiger partial charge in [-0.2, -0.15) is 5.10 Å². The second-order valence-corrected chi connectivity index (χ2v) is 9.94. The van der Waals surface area contributed by atoms with Crippen LogP contribution in [-0.4, -0.2) is 78.3 Å². The Balaban J connectivity index is 1.35. The van der Waals surface area contributed by atoms with Gasteiger partial charge >= 0.3 is 0 Å². The minimum atomic E-state index is -0.525. The predicted octanol–water partition coefficient (Wildman–Crippen LogP) is 3.14. The lowest BCUT2D eigenvalue weighted by Gasteiger charge is -2.31. The van der Waals surface area contributed by atoms with Gasteiger partial charge in [0.1, 0.15) is 12.4 Å². The summed E-state index contributed by atoms with van der Waals surface area (Å²) in [5, 5.41) is 7.99. The molecular formula is C25H29FN4O3S. The Bertz CT molecular complexity index is 1050. The molecule has 1 saturated carbocycles. The van der Waals surface area contributed by atoms with Crippen molar-refractivity contribution < 1.29 is 18.7 Å². The lowest BCUT2D eigenvalue weighted by molar-refractivity contribution is -0.142. The molecule has 5 rings (SSSR count). The summed E-state index contributed by atoms with van der Waals surface area (Å²) >= 11 is 1.55. The number of thiophene rings is 1. The second kappa shape index (κ2) is 10.3. The van der Waals surface area contributed by atoms with Crippen molar-refractivity contribution in [2.45, 2.75) is 25.3 Å². The number of hydrogen-bond donors (Lipinski definition) is 0. The maximum Gasteiger partial charge on any atom is 0.262 e. The fourth-order valence-corrected chi connectivity index (χ4v) is 5.22. The van der Waals surface area contributed by atoms with E-state index in [1.807, 2.05) is 17.5 Å². The number of carbonyl (C=O) groups is 2. The third-order valence-electron chi connectivity index (χ3n) is 6.59. The monoisotopic (exact) mass is 484 g/mol. The number of carbonyl (C=O) groups excluding carboxylic acids is 2. The van der Waals surface area contributed by atoms with Crippen molar-refractivity contribution in [3.63, 3.8) is 0 Å². The number of hydrogen-bond acceptors (Lipinski definition) is 6. The van der Waals surface area contributed by atoms with Crippen LogP contribution in [0.5, 0.6) is 0 Å². The van der Waals surface area contributed by atoms with Gasteiger partial charge < -0.3 is 9.64 Å². The van der Waals surface area contributed by atoms with Crippen LogP contribution in [0.3, 0.4) is 0 Å². The first-order valence-electron chi connectivity index (χ1n) is 11.9. The third-order valence-corrected chi connectivity index (χ3v) is 7.51. The number of hydrazone groups is 1. The standard InChI is InChI=1S/C25H29FN4O3S/c26-20-5-2-1-4-19(20)22-16-21(23-6-3-15-34-23)27-30(22)24(31)17-29(25(32)18-7-8-18)10-9-28-11-13-33-14-12-28/h1-6,15,18,22H,7-14,16-17H2. The van der Waals surface area contributed by atoms with Gasteiger partial charge in [0.25, 0.3) is 5.91 Å². The van der Waals surface area contributed by atoms with Crippen molar-refractivity contribution in [3.8, 4) is 0 Å². The number of halogens is 1. The molecule has 0 N–H and O–H groups in total. The quantitative estimate of drug-likeness (QED) is 0.578. The zero-order valence-corrected chi connectivity index (χ0v) is 19.9. The predicted molar refractivity (Wildman–Crippen MR) is 128 cm³/mol. The average Bonchev–Trinajstić information content (AvgIpc) is 3.37. The average molecular weight is 485 g/mol. The van der Waals surface area contributed by atoms with Crippen LogP contribution in [0, 0.1) is 11.7 Å². The summed E-state index contributed by atoms with van der Waals surface area (Å²) < 4.78 is 20.1. The normalized spacial score (nSPS) is 20.9. The van der Waals surface area contributed by atoms with E-state index in [4.69, 9.17) is 4.74 Å². The van der Waals surface area contributed by atoms with Crippen molar-refractivity contribution in [1.29, 1.82) is 0 Å². The van der Waals surface area contributed by atoms with Crippen molar-refractivity contribution >= 4 is 28.9 Å². The summed E-state index contributed by atoms with van der Waals surface area (Å²) in [6.07, 6.45) is 2.20. The highest BCUT2D eigenvalue weighted by molar-refractivity contribution is 7.12. The molecule has 0 spiro atoms. The van der Waals surface area contributed by atoms with Crippen molar-refractivity contribution in [2.24, 2.45) is 11.0 Å². The Hall–Kier alpha value is -2.62. The Morgan fingerprint density at radius 3 is 2.65 bits per heavy atom. The van der Waals surface area contributed by atoms with E-state index in [0.717, 1.165) is 36.5 Å². The van der Waals surface area contributed by atoms with Crippen LogP contribution >= 0.6 is 11.3 Å². The Labute approximate surface area is 202 Å². The van der Waals surface area contributed by atoms with E-state index in [9.17, 15) is 14.0 Å². The SMILES string of the molecule is O=C(C1CC1)N(CCN1CCOCC1)CC(=O)N1N=C(c2cccs2)CC1c1ccccc1F. The molecule has 7 nitrogen and oxygen atoms in total. The molecule has 2 aliphatic heterocycles. The van der Waals surface area contributed by atoms with E-state index in [1.165, 1.54) is 11.1 Å². The zero-order valence-electron chi connectivity index (χ0n) is 19.1. The van der Waals surface area contributed by atoms with Crippen LogP contribution in [0.4, 0.5) is 4.39 Å². The zero-order chi connectivity index (χ0) is 23.5. The maximum atomic E-state index is 14.7. The highest BCUT2D eigenvalue weighted by Gasteiger charge is 2.38. The van der Waals surface area contributed by atoms with Crippen LogP contribution in [0.1, 0.15) is 35.7 Å². The number of benzene rings is 1. The number of rotatable bonds is 8. The summed E-state index contributed by atoms with van der Waals surface area (Å²) in [6.45, 7) is 4.18. The number of ether oxygens (including phenoxy) is 1. The van der Waals surface area contributed by atoms with E-state index in [2.05, 4.69) is 10.0 Å². The third kappa shape index (κ3) is 5.21. The summed E-state index contributed by atoms with van der Waals surface area (Å²) in [5.74, 6) is -0.587. The van der Waals surface area contributed by atoms with Crippen LogP contribution in [0.2, 0.25) is 0 Å². The molecule has 2 aromatic rings. The molecule has 0 radical (unpaired) electrons. The van der Waals surface area contributed by atoms with E-state index in [0.29, 0.717) is 38.3 Å². The number of morpholine rings is 1. The number of amides is 2. The summed E-state index contributed by atoms with van der Waals surface area (Å²) in [5.41, 5.74) is 1.21. The molecule has 1 aromatic heterocycles. The molecular weight excluding hydrogens is 455 g/mol. The van der Waals surface area contributed by atoms with Gasteiger partial charge in [0, 0.05) is 44.1 Å². The van der Waals surface area contributed by atoms with Gasteiger partial charge in [-0.25, -0.2) is 9.40 Å². The van der Waals surface area contributed by atoms with Gasteiger partial charge in [0.15, 0.2) is 0 Å². The highest BCUT2D eigenvalue weighted by Crippen LogP contribution is 2.35. The summed E-state index contributed by atoms with van der Waals surface area (Å²) in [4.78, 5) is 31.4. The largest absolute Gasteiger partial charge is 0.379 e. The molecule has 0 bridgehead atoms. The summed E-state index contributed by atoms with van der Waals surface area (Å²) in [6, 6.07) is 9.90. The smallest absolute Gasteiger partial charge is 0.262 e. The highest BCUT2D eigenvalue weighted by atomic mass is 32.1. The van der Waals surface area contributed by atoms with Gasteiger partial charge in [0.05, 0.1) is 29.8 Å². The van der Waals surface area contributed by atoms with E-state index < -0.39 is 6.04 Å². The molecule has 1 aliphatic carbocycles. The van der Waals surface area contributed by atoms with Crippen molar-refractivity contribution in [2.75, 3.05) is 45.9 Å². The molecule has 3 aliphatic rings. The van der Waals surface area contributed by atoms with Crippen molar-refractivity contribution in [3.05, 3.63) is 58.0 Å². The molecule has 1 unspecified atom stereocenters. The topological polar surface area (TPSA) is 65.5 Å². The van der Waals surface area contributed by atoms with Gasteiger partial charge in [-0.3, -0.25) is 14.5 Å². The molecule has 9 heteroatoms. The van der Waals surface area contributed by atoms with E-state index in [1.54, 1.807) is 34.4 Å². The van der Waals surface area contributed by atoms with Crippen LogP contribution in [0.25, 0.3) is 0 Å². The minimum absolute atomic E-state index is 0.0172. The fraction of sp³-hybridized carbons (Fsp3) is 0.480. The van der Waals surface area contributed by atoms with Crippen molar-refractivity contribution in [1.82, 2.24) is 14.8 Å². The van der Waals surface area contributed by atoms with Gasteiger partial charge in [-0.1, -0.05) is 24.3 Å².